The van der Waals surface area contributed by atoms with Crippen molar-refractivity contribution in [3.8, 4) is 0 Å². The molecule has 0 saturated carbocycles. The van der Waals surface area contributed by atoms with Gasteiger partial charge in [-0.3, -0.25) is 4.79 Å². The van der Waals surface area contributed by atoms with Gasteiger partial charge in [0.2, 0.25) is 9.84 Å². The molecular formula is C12H13ClO4S. The number of benzene rings is 1. The normalized spacial score (nSPS) is 12.3. The Bertz CT molecular complexity index is 558. The van der Waals surface area contributed by atoms with Gasteiger partial charge in [0.25, 0.3) is 0 Å². The summed E-state index contributed by atoms with van der Waals surface area (Å²) in [5.74, 6) is -0.571. The van der Waals surface area contributed by atoms with Crippen molar-refractivity contribution >= 4 is 27.2 Å². The van der Waals surface area contributed by atoms with Gasteiger partial charge in [-0.1, -0.05) is 11.6 Å². The van der Waals surface area contributed by atoms with Crippen molar-refractivity contribution in [2.45, 2.75) is 18.7 Å². The molecule has 98 valence electrons. The lowest BCUT2D eigenvalue weighted by Crippen LogP contribution is -2.12. The number of allylic oxidation sites excluding steroid dienone is 1. The van der Waals surface area contributed by atoms with Crippen molar-refractivity contribution in [1.82, 2.24) is 0 Å². The predicted molar refractivity (Wildman–Crippen MR) is 69.0 cm³/mol. The molecular weight excluding hydrogens is 276 g/mol. The molecule has 18 heavy (non-hydrogen) atoms. The first-order valence-corrected chi connectivity index (χ1v) is 7.09. The van der Waals surface area contributed by atoms with E-state index in [9.17, 15) is 13.2 Å². The summed E-state index contributed by atoms with van der Waals surface area (Å²) in [6.45, 7) is 3.16. The molecule has 0 radical (unpaired) electrons. The smallest absolute Gasteiger partial charge is 0.213 e. The Hall–Kier alpha value is -1.33. The van der Waals surface area contributed by atoms with E-state index in [0.29, 0.717) is 5.02 Å². The molecule has 0 fully saturated rings. The van der Waals surface area contributed by atoms with Crippen LogP contribution in [0, 0.1) is 0 Å². The van der Waals surface area contributed by atoms with Gasteiger partial charge in [-0.25, -0.2) is 8.42 Å². The van der Waals surface area contributed by atoms with Gasteiger partial charge in [0.05, 0.1) is 11.5 Å². The van der Waals surface area contributed by atoms with Crippen molar-refractivity contribution in [3.05, 3.63) is 40.5 Å². The topological polar surface area (TPSA) is 60.4 Å². The molecule has 1 aromatic rings. The Kier molecular flexibility index (Phi) is 4.93. The number of rotatable bonds is 5. The third kappa shape index (κ3) is 3.34. The van der Waals surface area contributed by atoms with Gasteiger partial charge in [-0.05, 0) is 38.1 Å². The van der Waals surface area contributed by atoms with E-state index in [1.54, 1.807) is 6.92 Å². The average molecular weight is 289 g/mol. The third-order valence-electron chi connectivity index (χ3n) is 2.12. The summed E-state index contributed by atoms with van der Waals surface area (Å²) in [6.07, 6.45) is 0.978. The highest BCUT2D eigenvalue weighted by Gasteiger charge is 2.24. The van der Waals surface area contributed by atoms with E-state index in [1.165, 1.54) is 31.2 Å². The third-order valence-corrected chi connectivity index (χ3v) is 4.22. The molecule has 0 aliphatic carbocycles. The molecule has 0 amide bonds. The van der Waals surface area contributed by atoms with E-state index in [4.69, 9.17) is 16.3 Å². The maximum atomic E-state index is 12.2. The minimum atomic E-state index is -3.86. The van der Waals surface area contributed by atoms with E-state index in [0.717, 1.165) is 6.26 Å². The first-order chi connectivity index (χ1) is 8.39. The van der Waals surface area contributed by atoms with Crippen LogP contribution in [0.4, 0.5) is 0 Å². The lowest BCUT2D eigenvalue weighted by Gasteiger charge is -2.06. The van der Waals surface area contributed by atoms with Crippen molar-refractivity contribution in [3.63, 3.8) is 0 Å². The molecule has 0 aliphatic heterocycles. The SMILES string of the molecule is CCO/C=C(\C(C)=O)S(=O)(=O)c1ccc(Cl)cc1. The Morgan fingerprint density at radius 1 is 1.33 bits per heavy atom. The first kappa shape index (κ1) is 14.7. The second kappa shape index (κ2) is 6.02. The first-order valence-electron chi connectivity index (χ1n) is 5.23. The van der Waals surface area contributed by atoms with Gasteiger partial charge < -0.3 is 4.74 Å². The van der Waals surface area contributed by atoms with Crippen LogP contribution in [0.25, 0.3) is 0 Å². The van der Waals surface area contributed by atoms with Crippen molar-refractivity contribution in [2.75, 3.05) is 6.61 Å². The van der Waals surface area contributed by atoms with E-state index >= 15 is 0 Å². The summed E-state index contributed by atoms with van der Waals surface area (Å²) in [7, 11) is -3.86. The molecule has 0 spiro atoms. The fourth-order valence-electron chi connectivity index (χ4n) is 1.24. The molecule has 0 aromatic heterocycles. The van der Waals surface area contributed by atoms with Crippen LogP contribution in [-0.4, -0.2) is 20.8 Å². The van der Waals surface area contributed by atoms with Gasteiger partial charge in [0.15, 0.2) is 5.78 Å². The minimum absolute atomic E-state index is 0.00746. The lowest BCUT2D eigenvalue weighted by molar-refractivity contribution is -0.113. The Labute approximate surface area is 111 Å². The largest absolute Gasteiger partial charge is 0.500 e. The summed E-state index contributed by atoms with van der Waals surface area (Å²) < 4.78 is 29.3. The fourth-order valence-corrected chi connectivity index (χ4v) is 2.68. The second-order valence-electron chi connectivity index (χ2n) is 3.45. The second-order valence-corrected chi connectivity index (χ2v) is 5.81. The van der Waals surface area contributed by atoms with Crippen LogP contribution in [0.15, 0.2) is 40.3 Å². The number of hydrogen-bond donors (Lipinski definition) is 0. The lowest BCUT2D eigenvalue weighted by atomic mass is 10.4. The molecule has 6 heteroatoms. The molecule has 1 rings (SSSR count). The van der Waals surface area contributed by atoms with Gasteiger partial charge >= 0.3 is 0 Å². The van der Waals surface area contributed by atoms with E-state index in [2.05, 4.69) is 0 Å². The molecule has 1 aromatic carbocycles. The van der Waals surface area contributed by atoms with Crippen LogP contribution < -0.4 is 0 Å². The maximum absolute atomic E-state index is 12.2. The summed E-state index contributed by atoms with van der Waals surface area (Å²) in [4.78, 5) is 11.0. The molecule has 0 heterocycles. The molecule has 0 saturated heterocycles. The highest BCUT2D eigenvalue weighted by Crippen LogP contribution is 2.21. The maximum Gasteiger partial charge on any atom is 0.213 e. The van der Waals surface area contributed by atoms with E-state index in [1.807, 2.05) is 0 Å². The van der Waals surface area contributed by atoms with Crippen LogP contribution in [0.1, 0.15) is 13.8 Å². The number of sulfone groups is 1. The van der Waals surface area contributed by atoms with Gasteiger partial charge in [-0.15, -0.1) is 0 Å². The van der Waals surface area contributed by atoms with Crippen LogP contribution >= 0.6 is 11.6 Å². The van der Waals surface area contributed by atoms with Crippen LogP contribution in [0.3, 0.4) is 0 Å². The number of carbonyl (C=O) groups is 1. The predicted octanol–water partition coefficient (Wildman–Crippen LogP) is 2.58. The number of carbonyl (C=O) groups excluding carboxylic acids is 1. The highest BCUT2D eigenvalue weighted by atomic mass is 35.5. The van der Waals surface area contributed by atoms with Gasteiger partial charge in [-0.2, -0.15) is 0 Å². The van der Waals surface area contributed by atoms with E-state index in [-0.39, 0.29) is 16.4 Å². The highest BCUT2D eigenvalue weighted by molar-refractivity contribution is 7.96. The molecule has 0 atom stereocenters. The molecule has 0 aliphatic rings. The zero-order valence-corrected chi connectivity index (χ0v) is 11.6. The summed E-state index contributed by atoms with van der Waals surface area (Å²) in [5.41, 5.74) is 0. The summed E-state index contributed by atoms with van der Waals surface area (Å²) in [6, 6.07) is 5.60. The monoisotopic (exact) mass is 288 g/mol. The number of Topliss-reactive ketones (excluding diaryl/α,β-unsaturated/α-hetero) is 1. The zero-order valence-electron chi connectivity index (χ0n) is 10.0. The number of halogens is 1. The molecule has 0 unspecified atom stereocenters. The van der Waals surface area contributed by atoms with Crippen molar-refractivity contribution in [1.29, 1.82) is 0 Å². The van der Waals surface area contributed by atoms with Crippen molar-refractivity contribution in [2.24, 2.45) is 0 Å². The van der Waals surface area contributed by atoms with Crippen LogP contribution in [0.2, 0.25) is 5.02 Å². The standard InChI is InChI=1S/C12H13ClO4S/c1-3-17-8-12(9(2)14)18(15,16)11-6-4-10(13)5-7-11/h4-8H,3H2,1-2H3/b12-8+. The minimum Gasteiger partial charge on any atom is -0.500 e. The number of ketones is 1. The Balaban J connectivity index is 3.26. The van der Waals surface area contributed by atoms with Crippen LogP contribution in [-0.2, 0) is 19.4 Å². The molecule has 4 nitrogen and oxygen atoms in total. The molecule has 0 N–H and O–H groups in total. The van der Waals surface area contributed by atoms with Gasteiger partial charge in [0.1, 0.15) is 11.2 Å². The number of hydrogen-bond acceptors (Lipinski definition) is 4. The van der Waals surface area contributed by atoms with Crippen molar-refractivity contribution < 1.29 is 17.9 Å². The summed E-state index contributed by atoms with van der Waals surface area (Å²) >= 11 is 5.69. The molecule has 0 bridgehead atoms. The quantitative estimate of drug-likeness (QED) is 0.617. The summed E-state index contributed by atoms with van der Waals surface area (Å²) in [5, 5.41) is 0.423. The Morgan fingerprint density at radius 3 is 2.33 bits per heavy atom. The Morgan fingerprint density at radius 2 is 1.89 bits per heavy atom. The van der Waals surface area contributed by atoms with Crippen LogP contribution in [0.5, 0.6) is 0 Å². The van der Waals surface area contributed by atoms with E-state index < -0.39 is 15.6 Å². The van der Waals surface area contributed by atoms with Gasteiger partial charge in [0, 0.05) is 5.02 Å². The average Bonchev–Trinajstić information content (AvgIpc) is 2.29. The fraction of sp³-hybridized carbons (Fsp3) is 0.250. The number of ether oxygens (including phenoxy) is 1. The zero-order chi connectivity index (χ0) is 13.8.